The van der Waals surface area contributed by atoms with Gasteiger partial charge in [-0.05, 0) is 43.3 Å². The summed E-state index contributed by atoms with van der Waals surface area (Å²) in [5, 5.41) is 0. The fourth-order valence-corrected chi connectivity index (χ4v) is 4.08. The average molecular weight is 448 g/mol. The van der Waals surface area contributed by atoms with E-state index in [1.165, 1.54) is 24.3 Å². The van der Waals surface area contributed by atoms with Gasteiger partial charge in [0.05, 0.1) is 11.5 Å². The number of hydrogen-bond donors (Lipinski definition) is 1. The van der Waals surface area contributed by atoms with Gasteiger partial charge in [-0.3, -0.25) is 9.52 Å². The van der Waals surface area contributed by atoms with E-state index in [0.29, 0.717) is 44.2 Å². The Morgan fingerprint density at radius 2 is 1.55 bits per heavy atom. The van der Waals surface area contributed by atoms with Gasteiger partial charge < -0.3 is 19.3 Å². The van der Waals surface area contributed by atoms with Gasteiger partial charge in [0, 0.05) is 31.9 Å². The highest BCUT2D eigenvalue weighted by Gasteiger charge is 2.25. The normalized spacial score (nSPS) is 14.1. The second kappa shape index (κ2) is 10.2. The van der Waals surface area contributed by atoms with Crippen LogP contribution in [0.3, 0.4) is 0 Å². The van der Waals surface area contributed by atoms with E-state index in [4.69, 9.17) is 9.47 Å². The zero-order valence-corrected chi connectivity index (χ0v) is 18.0. The van der Waals surface area contributed by atoms with E-state index in [2.05, 4.69) is 4.72 Å². The predicted octanol–water partition coefficient (Wildman–Crippen LogP) is 2.17. The second-order valence-corrected chi connectivity index (χ2v) is 8.48. The minimum atomic E-state index is -3.72. The maximum Gasteiger partial charge on any atom is 0.409 e. The third kappa shape index (κ3) is 6.11. The lowest BCUT2D eigenvalue weighted by Crippen LogP contribution is -2.51. The molecule has 1 aliphatic rings. The van der Waals surface area contributed by atoms with Gasteiger partial charge in [-0.2, -0.15) is 0 Å². The van der Waals surface area contributed by atoms with Crippen molar-refractivity contribution in [1.29, 1.82) is 0 Å². The van der Waals surface area contributed by atoms with Crippen LogP contribution in [0.2, 0.25) is 0 Å². The Morgan fingerprint density at radius 1 is 0.935 bits per heavy atom. The Balaban J connectivity index is 1.49. The lowest BCUT2D eigenvalue weighted by molar-refractivity contribution is -0.134. The first kappa shape index (κ1) is 22.4. The Bertz CT molecular complexity index is 988. The molecule has 10 heteroatoms. The molecule has 2 aromatic carbocycles. The Labute approximate surface area is 181 Å². The summed E-state index contributed by atoms with van der Waals surface area (Å²) in [4.78, 5) is 27.4. The highest BCUT2D eigenvalue weighted by molar-refractivity contribution is 7.92. The molecule has 1 fully saturated rings. The highest BCUT2D eigenvalue weighted by atomic mass is 32.2. The molecular weight excluding hydrogens is 422 g/mol. The molecule has 0 radical (unpaired) electrons. The number of sulfonamides is 1. The molecule has 166 valence electrons. The van der Waals surface area contributed by atoms with Crippen molar-refractivity contribution in [3.05, 3.63) is 54.6 Å². The van der Waals surface area contributed by atoms with Gasteiger partial charge in [-0.25, -0.2) is 13.2 Å². The van der Waals surface area contributed by atoms with Crippen molar-refractivity contribution in [2.24, 2.45) is 0 Å². The number of benzene rings is 2. The number of ether oxygens (including phenoxy) is 2. The van der Waals surface area contributed by atoms with E-state index in [0.717, 1.165) is 0 Å². The van der Waals surface area contributed by atoms with E-state index in [-0.39, 0.29) is 23.5 Å². The predicted molar refractivity (Wildman–Crippen MR) is 114 cm³/mol. The first-order valence-corrected chi connectivity index (χ1v) is 11.4. The number of para-hydroxylation sites is 1. The molecule has 0 aromatic heterocycles. The summed E-state index contributed by atoms with van der Waals surface area (Å²) in [5.74, 6) is 0.183. The van der Waals surface area contributed by atoms with E-state index >= 15 is 0 Å². The summed E-state index contributed by atoms with van der Waals surface area (Å²) in [5.41, 5.74) is 0.469. The highest BCUT2D eigenvalue weighted by Crippen LogP contribution is 2.19. The van der Waals surface area contributed by atoms with Crippen LogP contribution in [0.4, 0.5) is 10.5 Å². The van der Waals surface area contributed by atoms with E-state index in [1.807, 2.05) is 0 Å². The number of carbonyl (C=O) groups is 2. The van der Waals surface area contributed by atoms with E-state index in [1.54, 1.807) is 47.1 Å². The molecule has 2 amide bonds. The molecule has 0 atom stereocenters. The molecule has 3 rings (SSSR count). The number of nitrogens with one attached hydrogen (secondary N) is 1. The third-order valence-corrected chi connectivity index (χ3v) is 6.08. The largest absolute Gasteiger partial charge is 0.484 e. The van der Waals surface area contributed by atoms with Gasteiger partial charge in [-0.1, -0.05) is 18.2 Å². The average Bonchev–Trinajstić information content (AvgIpc) is 2.78. The molecule has 0 aliphatic carbocycles. The summed E-state index contributed by atoms with van der Waals surface area (Å²) in [6, 6.07) is 14.4. The van der Waals surface area contributed by atoms with Crippen LogP contribution in [0.1, 0.15) is 6.92 Å². The van der Waals surface area contributed by atoms with Crippen LogP contribution in [0.15, 0.2) is 59.5 Å². The number of nitrogens with zero attached hydrogens (tertiary/aromatic N) is 2. The molecule has 1 heterocycles. The number of rotatable bonds is 7. The van der Waals surface area contributed by atoms with Crippen molar-refractivity contribution >= 4 is 27.7 Å². The third-order valence-electron chi connectivity index (χ3n) is 4.68. The van der Waals surface area contributed by atoms with Crippen molar-refractivity contribution in [2.45, 2.75) is 11.8 Å². The van der Waals surface area contributed by atoms with E-state index in [9.17, 15) is 18.0 Å². The number of carbonyl (C=O) groups excluding carboxylic acids is 2. The maximum absolute atomic E-state index is 12.5. The smallest absolute Gasteiger partial charge is 0.409 e. The van der Waals surface area contributed by atoms with Crippen LogP contribution in [0, 0.1) is 0 Å². The summed E-state index contributed by atoms with van der Waals surface area (Å²) in [6.07, 6.45) is -0.373. The number of hydrogen-bond acceptors (Lipinski definition) is 6. The standard InChI is InChI=1S/C21H25N3O6S/c1-2-29-21(26)24-14-12-23(13-15-24)20(25)16-30-18-8-10-19(11-9-18)31(27,28)22-17-6-4-3-5-7-17/h3-11,22H,2,12-16H2,1H3. The monoisotopic (exact) mass is 447 g/mol. The van der Waals surface area contributed by atoms with Crippen LogP contribution >= 0.6 is 0 Å². The zero-order chi connectivity index (χ0) is 22.3. The second-order valence-electron chi connectivity index (χ2n) is 6.80. The summed E-state index contributed by atoms with van der Waals surface area (Å²) in [6.45, 7) is 3.52. The first-order valence-electron chi connectivity index (χ1n) is 9.89. The molecule has 0 spiro atoms. The van der Waals surface area contributed by atoms with Gasteiger partial charge in [0.15, 0.2) is 6.61 Å². The number of amides is 2. The Kier molecular flexibility index (Phi) is 7.35. The molecule has 1 aliphatic heterocycles. The Morgan fingerprint density at radius 3 is 2.16 bits per heavy atom. The topological polar surface area (TPSA) is 105 Å². The fourth-order valence-electron chi connectivity index (χ4n) is 3.02. The molecule has 31 heavy (non-hydrogen) atoms. The van der Waals surface area contributed by atoms with Gasteiger partial charge in [-0.15, -0.1) is 0 Å². The molecular formula is C21H25N3O6S. The van der Waals surface area contributed by atoms with Gasteiger partial charge in [0.25, 0.3) is 15.9 Å². The van der Waals surface area contributed by atoms with Crippen LogP contribution in [-0.2, 0) is 19.6 Å². The first-order chi connectivity index (χ1) is 14.9. The van der Waals surface area contributed by atoms with Gasteiger partial charge in [0.2, 0.25) is 0 Å². The molecule has 0 bridgehead atoms. The quantitative estimate of drug-likeness (QED) is 0.697. The van der Waals surface area contributed by atoms with Crippen molar-refractivity contribution in [3.63, 3.8) is 0 Å². The van der Waals surface area contributed by atoms with Crippen LogP contribution < -0.4 is 9.46 Å². The molecule has 9 nitrogen and oxygen atoms in total. The SMILES string of the molecule is CCOC(=O)N1CCN(C(=O)COc2ccc(S(=O)(=O)Nc3ccccc3)cc2)CC1. The van der Waals surface area contributed by atoms with Gasteiger partial charge >= 0.3 is 6.09 Å². The van der Waals surface area contributed by atoms with E-state index < -0.39 is 10.0 Å². The maximum atomic E-state index is 12.5. The molecule has 0 saturated carbocycles. The van der Waals surface area contributed by atoms with Crippen LogP contribution in [0.5, 0.6) is 5.75 Å². The zero-order valence-electron chi connectivity index (χ0n) is 17.2. The summed E-state index contributed by atoms with van der Waals surface area (Å²) in [7, 11) is -3.72. The van der Waals surface area contributed by atoms with Crippen LogP contribution in [0.25, 0.3) is 0 Å². The molecule has 1 N–H and O–H groups in total. The summed E-state index contributed by atoms with van der Waals surface area (Å²) >= 11 is 0. The molecule has 0 unspecified atom stereocenters. The minimum absolute atomic E-state index is 0.0881. The molecule has 2 aromatic rings. The Hall–Kier alpha value is -3.27. The van der Waals surface area contributed by atoms with Crippen molar-refractivity contribution in [3.8, 4) is 5.75 Å². The number of piperazine rings is 1. The lowest BCUT2D eigenvalue weighted by atomic mass is 10.3. The fraction of sp³-hybridized carbons (Fsp3) is 0.333. The van der Waals surface area contributed by atoms with Crippen LogP contribution in [-0.4, -0.2) is 69.6 Å². The van der Waals surface area contributed by atoms with Crippen molar-refractivity contribution in [1.82, 2.24) is 9.80 Å². The minimum Gasteiger partial charge on any atom is -0.484 e. The van der Waals surface area contributed by atoms with Crippen molar-refractivity contribution < 1.29 is 27.5 Å². The molecule has 1 saturated heterocycles. The lowest BCUT2D eigenvalue weighted by Gasteiger charge is -2.33. The van der Waals surface area contributed by atoms with Crippen molar-refractivity contribution in [2.75, 3.05) is 44.1 Å². The number of anilines is 1. The van der Waals surface area contributed by atoms with Gasteiger partial charge in [0.1, 0.15) is 5.75 Å². The summed E-state index contributed by atoms with van der Waals surface area (Å²) < 4.78 is 37.9.